The molecule has 3 N–H and O–H groups in total. The molecule has 122 valence electrons. The number of H-pyrrole nitrogens is 1. The first-order valence-electron chi connectivity index (χ1n) is 7.91. The average molecular weight is 314 g/mol. The van der Waals surface area contributed by atoms with Gasteiger partial charge in [-0.05, 0) is 25.0 Å². The summed E-state index contributed by atoms with van der Waals surface area (Å²) >= 11 is 0. The summed E-state index contributed by atoms with van der Waals surface area (Å²) < 4.78 is 5.79. The number of hydrogen-bond acceptors (Lipinski definition) is 4. The first-order chi connectivity index (χ1) is 11.2. The Labute approximate surface area is 135 Å². The van der Waals surface area contributed by atoms with Crippen molar-refractivity contribution in [1.29, 1.82) is 0 Å². The first-order valence-corrected chi connectivity index (χ1v) is 7.91. The first kappa shape index (κ1) is 15.6. The smallest absolute Gasteiger partial charge is 0.272 e. The standard InChI is InChI=1S/C17H22N4O2/c1-11-4-3-5-12(2)16(11)23-9-8-19-17(22)15-13-10-18-7-6-14(13)20-21-15/h3-5,18H,6-10H2,1-2H3,(H,19,22)(H,20,21). The lowest BCUT2D eigenvalue weighted by molar-refractivity contribution is 0.0940. The van der Waals surface area contributed by atoms with E-state index in [4.69, 9.17) is 4.74 Å². The van der Waals surface area contributed by atoms with Crippen LogP contribution in [0.3, 0.4) is 0 Å². The summed E-state index contributed by atoms with van der Waals surface area (Å²) in [4.78, 5) is 12.2. The summed E-state index contributed by atoms with van der Waals surface area (Å²) in [5.74, 6) is 0.736. The van der Waals surface area contributed by atoms with Gasteiger partial charge in [0.2, 0.25) is 0 Å². The zero-order valence-corrected chi connectivity index (χ0v) is 13.5. The lowest BCUT2D eigenvalue weighted by Gasteiger charge is -2.14. The topological polar surface area (TPSA) is 79.0 Å². The van der Waals surface area contributed by atoms with Crippen molar-refractivity contribution >= 4 is 5.91 Å². The van der Waals surface area contributed by atoms with Crippen LogP contribution < -0.4 is 15.4 Å². The van der Waals surface area contributed by atoms with Crippen molar-refractivity contribution in [3.63, 3.8) is 0 Å². The number of aromatic amines is 1. The van der Waals surface area contributed by atoms with E-state index in [9.17, 15) is 4.79 Å². The molecular formula is C17H22N4O2. The number of nitrogens with zero attached hydrogens (tertiary/aromatic N) is 1. The Morgan fingerprint density at radius 3 is 2.91 bits per heavy atom. The molecule has 1 aliphatic heterocycles. The van der Waals surface area contributed by atoms with Crippen LogP contribution in [0.25, 0.3) is 0 Å². The zero-order chi connectivity index (χ0) is 16.2. The molecule has 1 aromatic heterocycles. The normalized spacial score (nSPS) is 13.5. The SMILES string of the molecule is Cc1cccc(C)c1OCCNC(=O)c1n[nH]c2c1CNCC2. The number of ether oxygens (including phenoxy) is 1. The number of amides is 1. The van der Waals surface area contributed by atoms with Crippen molar-refractivity contribution in [2.75, 3.05) is 19.7 Å². The molecule has 0 spiro atoms. The number of carbonyl (C=O) groups is 1. The van der Waals surface area contributed by atoms with Gasteiger partial charge in [-0.3, -0.25) is 9.89 Å². The molecule has 0 unspecified atom stereocenters. The van der Waals surface area contributed by atoms with E-state index in [1.54, 1.807) is 0 Å². The summed E-state index contributed by atoms with van der Waals surface area (Å²) in [6.07, 6.45) is 0.880. The Hall–Kier alpha value is -2.34. The average Bonchev–Trinajstić information content (AvgIpc) is 2.97. The third kappa shape index (κ3) is 3.37. The highest BCUT2D eigenvalue weighted by Gasteiger charge is 2.21. The summed E-state index contributed by atoms with van der Waals surface area (Å²) in [6, 6.07) is 6.04. The molecule has 0 saturated heterocycles. The van der Waals surface area contributed by atoms with Crippen LogP contribution in [0, 0.1) is 13.8 Å². The number of para-hydroxylation sites is 1. The van der Waals surface area contributed by atoms with Gasteiger partial charge in [0, 0.05) is 30.8 Å². The van der Waals surface area contributed by atoms with Crippen molar-refractivity contribution in [2.24, 2.45) is 0 Å². The Balaban J connectivity index is 1.53. The Morgan fingerprint density at radius 2 is 2.13 bits per heavy atom. The second-order valence-corrected chi connectivity index (χ2v) is 5.78. The summed E-state index contributed by atoms with van der Waals surface area (Å²) in [5, 5.41) is 13.2. The van der Waals surface area contributed by atoms with E-state index in [0.717, 1.165) is 41.1 Å². The molecule has 0 radical (unpaired) electrons. The van der Waals surface area contributed by atoms with E-state index in [-0.39, 0.29) is 5.91 Å². The third-order valence-corrected chi connectivity index (χ3v) is 4.06. The van der Waals surface area contributed by atoms with Crippen molar-refractivity contribution in [3.8, 4) is 5.75 Å². The van der Waals surface area contributed by atoms with Gasteiger partial charge in [0.1, 0.15) is 12.4 Å². The number of carbonyl (C=O) groups excluding carboxylic acids is 1. The van der Waals surface area contributed by atoms with Gasteiger partial charge >= 0.3 is 0 Å². The lowest BCUT2D eigenvalue weighted by Crippen LogP contribution is -2.31. The van der Waals surface area contributed by atoms with E-state index < -0.39 is 0 Å². The van der Waals surface area contributed by atoms with E-state index in [1.807, 2.05) is 32.0 Å². The molecule has 0 fully saturated rings. The predicted octanol–water partition coefficient (Wildman–Crippen LogP) is 1.48. The molecule has 2 aromatic rings. The molecule has 23 heavy (non-hydrogen) atoms. The summed E-state index contributed by atoms with van der Waals surface area (Å²) in [5.41, 5.74) is 4.72. The Kier molecular flexibility index (Phi) is 4.62. The zero-order valence-electron chi connectivity index (χ0n) is 13.5. The molecule has 0 saturated carbocycles. The molecule has 0 atom stereocenters. The number of benzene rings is 1. The quantitative estimate of drug-likeness (QED) is 0.731. The van der Waals surface area contributed by atoms with E-state index in [2.05, 4.69) is 20.8 Å². The molecular weight excluding hydrogens is 292 g/mol. The van der Waals surface area contributed by atoms with Gasteiger partial charge in [0.15, 0.2) is 5.69 Å². The molecule has 0 bridgehead atoms. The van der Waals surface area contributed by atoms with Crippen LogP contribution in [0.1, 0.15) is 32.9 Å². The Morgan fingerprint density at radius 1 is 1.35 bits per heavy atom. The van der Waals surface area contributed by atoms with Gasteiger partial charge in [0.05, 0.1) is 6.54 Å². The highest BCUT2D eigenvalue weighted by molar-refractivity contribution is 5.94. The molecule has 6 nitrogen and oxygen atoms in total. The fourth-order valence-corrected chi connectivity index (χ4v) is 2.84. The van der Waals surface area contributed by atoms with Crippen LogP contribution in [0.4, 0.5) is 0 Å². The van der Waals surface area contributed by atoms with Crippen molar-refractivity contribution in [2.45, 2.75) is 26.8 Å². The highest BCUT2D eigenvalue weighted by atomic mass is 16.5. The fourth-order valence-electron chi connectivity index (χ4n) is 2.84. The van der Waals surface area contributed by atoms with E-state index in [0.29, 0.717) is 25.4 Å². The molecule has 0 aliphatic carbocycles. The van der Waals surface area contributed by atoms with Crippen LogP contribution >= 0.6 is 0 Å². The van der Waals surface area contributed by atoms with Crippen LogP contribution in [0.2, 0.25) is 0 Å². The van der Waals surface area contributed by atoms with Crippen molar-refractivity contribution < 1.29 is 9.53 Å². The van der Waals surface area contributed by atoms with E-state index >= 15 is 0 Å². The molecule has 1 aliphatic rings. The van der Waals surface area contributed by atoms with Gasteiger partial charge in [0.25, 0.3) is 5.91 Å². The number of hydrogen-bond donors (Lipinski definition) is 3. The maximum absolute atomic E-state index is 12.2. The molecule has 3 rings (SSSR count). The van der Waals surface area contributed by atoms with Crippen LogP contribution in [0.15, 0.2) is 18.2 Å². The number of aryl methyl sites for hydroxylation is 2. The van der Waals surface area contributed by atoms with Gasteiger partial charge in [-0.2, -0.15) is 5.10 Å². The van der Waals surface area contributed by atoms with Gasteiger partial charge < -0.3 is 15.4 Å². The largest absolute Gasteiger partial charge is 0.491 e. The summed E-state index contributed by atoms with van der Waals surface area (Å²) in [7, 11) is 0. The minimum absolute atomic E-state index is 0.156. The molecule has 1 aromatic carbocycles. The highest BCUT2D eigenvalue weighted by Crippen LogP contribution is 2.22. The second kappa shape index (κ2) is 6.83. The lowest BCUT2D eigenvalue weighted by atomic mass is 10.1. The maximum Gasteiger partial charge on any atom is 0.272 e. The number of fused-ring (bicyclic) bond motifs is 1. The van der Waals surface area contributed by atoms with E-state index in [1.165, 1.54) is 0 Å². The fraction of sp³-hybridized carbons (Fsp3) is 0.412. The van der Waals surface area contributed by atoms with Crippen LogP contribution in [0.5, 0.6) is 5.75 Å². The van der Waals surface area contributed by atoms with Crippen LogP contribution in [-0.4, -0.2) is 35.8 Å². The second-order valence-electron chi connectivity index (χ2n) is 5.78. The maximum atomic E-state index is 12.2. The van der Waals surface area contributed by atoms with Gasteiger partial charge in [-0.1, -0.05) is 18.2 Å². The van der Waals surface area contributed by atoms with Gasteiger partial charge in [-0.15, -0.1) is 0 Å². The van der Waals surface area contributed by atoms with Crippen molar-refractivity contribution in [3.05, 3.63) is 46.3 Å². The molecule has 6 heteroatoms. The monoisotopic (exact) mass is 314 g/mol. The Bertz CT molecular complexity index is 688. The number of aromatic nitrogens is 2. The minimum atomic E-state index is -0.156. The number of nitrogens with one attached hydrogen (secondary N) is 3. The van der Waals surface area contributed by atoms with Crippen LogP contribution in [-0.2, 0) is 13.0 Å². The summed E-state index contributed by atoms with van der Waals surface area (Å²) in [6.45, 7) is 6.52. The predicted molar refractivity (Wildman–Crippen MR) is 87.7 cm³/mol. The molecule has 1 amide bonds. The third-order valence-electron chi connectivity index (χ3n) is 4.06. The molecule has 2 heterocycles. The van der Waals surface area contributed by atoms with Crippen molar-refractivity contribution in [1.82, 2.24) is 20.8 Å². The minimum Gasteiger partial charge on any atom is -0.491 e. The van der Waals surface area contributed by atoms with Gasteiger partial charge in [-0.25, -0.2) is 0 Å². The number of rotatable bonds is 5.